The Hall–Kier alpha value is -3.28. The zero-order chi connectivity index (χ0) is 17.1. The van der Waals surface area contributed by atoms with Gasteiger partial charge in [0.05, 0.1) is 6.04 Å². The number of carbonyl (C=O) groups excluding carboxylic acids is 1. The topological polar surface area (TPSA) is 95.6 Å². The standard InChI is InChI=1S/C18H16N2O4/c1-11(12-4-2-6-14(21)8-12)19-17(23)16-10-24-18(20-16)13-5-3-7-15(22)9-13/h2-11,21-22H,1H3,(H,19,23). The molecule has 6 nitrogen and oxygen atoms in total. The van der Waals surface area contributed by atoms with Gasteiger partial charge in [0.1, 0.15) is 17.8 Å². The predicted octanol–water partition coefficient (Wildman–Crippen LogP) is 3.24. The lowest BCUT2D eigenvalue weighted by Crippen LogP contribution is -2.26. The first-order valence-corrected chi connectivity index (χ1v) is 7.37. The summed E-state index contributed by atoms with van der Waals surface area (Å²) in [6.07, 6.45) is 1.27. The summed E-state index contributed by atoms with van der Waals surface area (Å²) in [6, 6.07) is 12.8. The normalized spacial score (nSPS) is 11.9. The average molecular weight is 324 g/mol. The Morgan fingerprint density at radius 3 is 2.54 bits per heavy atom. The highest BCUT2D eigenvalue weighted by molar-refractivity contribution is 5.92. The molecule has 3 N–H and O–H groups in total. The number of hydrogen-bond donors (Lipinski definition) is 3. The molecule has 3 aromatic rings. The maximum atomic E-state index is 12.3. The monoisotopic (exact) mass is 324 g/mol. The molecule has 0 radical (unpaired) electrons. The number of rotatable bonds is 4. The first-order valence-electron chi connectivity index (χ1n) is 7.37. The van der Waals surface area contributed by atoms with Crippen molar-refractivity contribution in [3.8, 4) is 23.0 Å². The quantitative estimate of drug-likeness (QED) is 0.684. The third-order valence-electron chi connectivity index (χ3n) is 3.55. The lowest BCUT2D eigenvalue weighted by molar-refractivity contribution is 0.0934. The molecule has 0 bridgehead atoms. The summed E-state index contributed by atoms with van der Waals surface area (Å²) in [5.41, 5.74) is 1.50. The third-order valence-corrected chi connectivity index (χ3v) is 3.55. The van der Waals surface area contributed by atoms with Gasteiger partial charge in [0.15, 0.2) is 5.69 Å². The van der Waals surface area contributed by atoms with E-state index >= 15 is 0 Å². The van der Waals surface area contributed by atoms with Gasteiger partial charge in [-0.3, -0.25) is 4.79 Å². The van der Waals surface area contributed by atoms with Crippen molar-refractivity contribution in [2.75, 3.05) is 0 Å². The zero-order valence-corrected chi connectivity index (χ0v) is 12.9. The minimum absolute atomic E-state index is 0.0919. The highest BCUT2D eigenvalue weighted by Crippen LogP contribution is 2.23. The molecule has 0 aliphatic carbocycles. The van der Waals surface area contributed by atoms with E-state index in [2.05, 4.69) is 10.3 Å². The molecular formula is C18H16N2O4. The van der Waals surface area contributed by atoms with Gasteiger partial charge in [0.25, 0.3) is 5.91 Å². The Kier molecular flexibility index (Phi) is 4.20. The molecule has 3 rings (SSSR count). The minimum atomic E-state index is -0.388. The number of hydrogen-bond acceptors (Lipinski definition) is 5. The minimum Gasteiger partial charge on any atom is -0.508 e. The van der Waals surface area contributed by atoms with Crippen LogP contribution in [0.3, 0.4) is 0 Å². The molecule has 0 aliphatic heterocycles. The van der Waals surface area contributed by atoms with Crippen LogP contribution in [0.1, 0.15) is 29.0 Å². The number of oxazole rings is 1. The lowest BCUT2D eigenvalue weighted by atomic mass is 10.1. The number of amides is 1. The Morgan fingerprint density at radius 1 is 1.12 bits per heavy atom. The van der Waals surface area contributed by atoms with Crippen LogP contribution >= 0.6 is 0 Å². The second-order valence-corrected chi connectivity index (χ2v) is 5.38. The maximum Gasteiger partial charge on any atom is 0.273 e. The van der Waals surface area contributed by atoms with Crippen LogP contribution in [-0.4, -0.2) is 21.1 Å². The summed E-state index contributed by atoms with van der Waals surface area (Å²) in [6.45, 7) is 1.81. The van der Waals surface area contributed by atoms with E-state index in [1.165, 1.54) is 18.4 Å². The van der Waals surface area contributed by atoms with Crippen molar-refractivity contribution in [2.45, 2.75) is 13.0 Å². The van der Waals surface area contributed by atoms with Crippen LogP contribution in [-0.2, 0) is 0 Å². The van der Waals surface area contributed by atoms with Crippen molar-refractivity contribution < 1.29 is 19.4 Å². The van der Waals surface area contributed by atoms with Crippen molar-refractivity contribution in [3.05, 3.63) is 66.1 Å². The number of phenols is 2. The summed E-state index contributed by atoms with van der Waals surface area (Å²) in [5.74, 6) is 0.0949. The number of nitrogens with one attached hydrogen (secondary N) is 1. The molecule has 1 unspecified atom stereocenters. The molecule has 1 heterocycles. The number of nitrogens with zero attached hydrogens (tertiary/aromatic N) is 1. The average Bonchev–Trinajstić information content (AvgIpc) is 3.05. The SMILES string of the molecule is CC(NC(=O)c1coc(-c2cccc(O)c2)n1)c1cccc(O)c1. The summed E-state index contributed by atoms with van der Waals surface area (Å²) in [7, 11) is 0. The van der Waals surface area contributed by atoms with Crippen molar-refractivity contribution in [1.29, 1.82) is 0 Å². The first-order chi connectivity index (χ1) is 11.5. The Morgan fingerprint density at radius 2 is 1.83 bits per heavy atom. The van der Waals surface area contributed by atoms with Crippen molar-refractivity contribution in [2.24, 2.45) is 0 Å². The Labute approximate surface area is 138 Å². The van der Waals surface area contributed by atoms with Crippen LogP contribution in [0.25, 0.3) is 11.5 Å². The van der Waals surface area contributed by atoms with Gasteiger partial charge >= 0.3 is 0 Å². The Balaban J connectivity index is 1.74. The molecule has 1 atom stereocenters. The lowest BCUT2D eigenvalue weighted by Gasteiger charge is -2.13. The van der Waals surface area contributed by atoms with Crippen LogP contribution < -0.4 is 5.32 Å². The maximum absolute atomic E-state index is 12.3. The van der Waals surface area contributed by atoms with Gasteiger partial charge < -0.3 is 19.9 Å². The molecule has 0 fully saturated rings. The highest BCUT2D eigenvalue weighted by Gasteiger charge is 2.16. The fourth-order valence-electron chi connectivity index (χ4n) is 2.30. The van der Waals surface area contributed by atoms with E-state index in [9.17, 15) is 15.0 Å². The van der Waals surface area contributed by atoms with E-state index in [1.807, 2.05) is 13.0 Å². The van der Waals surface area contributed by atoms with Gasteiger partial charge in [0, 0.05) is 5.56 Å². The van der Waals surface area contributed by atoms with E-state index < -0.39 is 0 Å². The van der Waals surface area contributed by atoms with Crippen molar-refractivity contribution in [3.63, 3.8) is 0 Å². The van der Waals surface area contributed by atoms with Crippen molar-refractivity contribution in [1.82, 2.24) is 10.3 Å². The van der Waals surface area contributed by atoms with Crippen molar-refractivity contribution >= 4 is 5.91 Å². The smallest absolute Gasteiger partial charge is 0.273 e. The number of phenolic OH excluding ortho intramolecular Hbond substituents is 2. The van der Waals surface area contributed by atoms with E-state index in [0.717, 1.165) is 5.56 Å². The molecule has 6 heteroatoms. The molecule has 24 heavy (non-hydrogen) atoms. The fraction of sp³-hybridized carbons (Fsp3) is 0.111. The van der Waals surface area contributed by atoms with Gasteiger partial charge in [-0.2, -0.15) is 0 Å². The van der Waals surface area contributed by atoms with Gasteiger partial charge in [-0.1, -0.05) is 18.2 Å². The summed E-state index contributed by atoms with van der Waals surface area (Å²) < 4.78 is 5.31. The number of aromatic hydroxyl groups is 2. The molecule has 0 aliphatic rings. The second kappa shape index (κ2) is 6.45. The second-order valence-electron chi connectivity index (χ2n) is 5.38. The first kappa shape index (κ1) is 15.6. The molecule has 2 aromatic carbocycles. The molecule has 0 saturated heterocycles. The predicted molar refractivity (Wildman–Crippen MR) is 87.6 cm³/mol. The van der Waals surface area contributed by atoms with Crippen LogP contribution in [0, 0.1) is 0 Å². The van der Waals surface area contributed by atoms with E-state index in [4.69, 9.17) is 4.42 Å². The van der Waals surface area contributed by atoms with Crippen LogP contribution in [0.4, 0.5) is 0 Å². The highest BCUT2D eigenvalue weighted by atomic mass is 16.3. The fourth-order valence-corrected chi connectivity index (χ4v) is 2.30. The van der Waals surface area contributed by atoms with E-state index in [0.29, 0.717) is 5.56 Å². The zero-order valence-electron chi connectivity index (χ0n) is 12.9. The molecular weight excluding hydrogens is 308 g/mol. The van der Waals surface area contributed by atoms with Crippen LogP contribution in [0.15, 0.2) is 59.2 Å². The van der Waals surface area contributed by atoms with E-state index in [-0.39, 0.29) is 35.0 Å². The van der Waals surface area contributed by atoms with Crippen LogP contribution in [0.2, 0.25) is 0 Å². The van der Waals surface area contributed by atoms with Gasteiger partial charge in [0.2, 0.25) is 5.89 Å². The molecule has 0 saturated carbocycles. The summed E-state index contributed by atoms with van der Waals surface area (Å²) in [4.78, 5) is 16.4. The third kappa shape index (κ3) is 3.38. The Bertz CT molecular complexity index is 873. The van der Waals surface area contributed by atoms with Gasteiger partial charge in [-0.05, 0) is 42.8 Å². The van der Waals surface area contributed by atoms with E-state index in [1.54, 1.807) is 30.3 Å². The van der Waals surface area contributed by atoms with Gasteiger partial charge in [-0.25, -0.2) is 4.98 Å². The van der Waals surface area contributed by atoms with Crippen LogP contribution in [0.5, 0.6) is 11.5 Å². The number of carbonyl (C=O) groups is 1. The largest absolute Gasteiger partial charge is 0.508 e. The summed E-state index contributed by atoms with van der Waals surface area (Å²) >= 11 is 0. The summed E-state index contributed by atoms with van der Waals surface area (Å²) in [5, 5.41) is 21.8. The van der Waals surface area contributed by atoms with Gasteiger partial charge in [-0.15, -0.1) is 0 Å². The molecule has 122 valence electrons. The molecule has 0 spiro atoms. The number of aromatic nitrogens is 1. The molecule has 1 amide bonds. The number of benzene rings is 2. The molecule has 1 aromatic heterocycles.